The third-order valence-electron chi connectivity index (χ3n) is 4.49. The molecule has 2 atom stereocenters. The second-order valence-corrected chi connectivity index (χ2v) is 8.13. The fourth-order valence-electron chi connectivity index (χ4n) is 3.07. The minimum absolute atomic E-state index is 0. The number of hydrogen-bond acceptors (Lipinski definition) is 4. The van der Waals surface area contributed by atoms with Crippen molar-refractivity contribution < 1.29 is 4.79 Å². The Kier molecular flexibility index (Phi) is 9.86. The molecule has 27 heavy (non-hydrogen) atoms. The van der Waals surface area contributed by atoms with Crippen LogP contribution in [0, 0.1) is 0 Å². The fraction of sp³-hybridized carbons (Fsp3) is 0.389. The second-order valence-electron chi connectivity index (χ2n) is 6.31. The molecule has 0 spiro atoms. The van der Waals surface area contributed by atoms with Crippen molar-refractivity contribution in [3.05, 3.63) is 55.7 Å². The number of carbonyl (C=O) groups is 1. The van der Waals surface area contributed by atoms with Crippen LogP contribution in [-0.2, 0) is 17.8 Å². The van der Waals surface area contributed by atoms with E-state index in [4.69, 9.17) is 28.9 Å². The fourth-order valence-corrected chi connectivity index (χ4v) is 4.27. The van der Waals surface area contributed by atoms with Crippen LogP contribution in [0.4, 0.5) is 0 Å². The molecular weight excluding hydrogens is 448 g/mol. The summed E-state index contributed by atoms with van der Waals surface area (Å²) in [4.78, 5) is 15.8. The number of nitrogens with two attached hydrogens (primary N) is 1. The average Bonchev–Trinajstić information content (AvgIpc) is 3.05. The highest BCUT2D eigenvalue weighted by Gasteiger charge is 2.26. The average molecular weight is 471 g/mol. The van der Waals surface area contributed by atoms with Gasteiger partial charge in [0.05, 0.1) is 22.1 Å². The molecule has 0 bridgehead atoms. The maximum Gasteiger partial charge on any atom is 0.236 e. The van der Waals surface area contributed by atoms with Crippen molar-refractivity contribution >= 4 is 65.3 Å². The van der Waals surface area contributed by atoms with Crippen molar-refractivity contribution in [3.63, 3.8) is 0 Å². The minimum Gasteiger partial charge on any atom is -0.353 e. The number of amides is 1. The first kappa shape index (κ1) is 24.5. The van der Waals surface area contributed by atoms with Crippen LogP contribution in [0.25, 0.3) is 0 Å². The Hall–Kier alpha value is -0.530. The van der Waals surface area contributed by atoms with Crippen molar-refractivity contribution in [2.45, 2.75) is 32.0 Å². The number of nitrogens with one attached hydrogen (secondary N) is 1. The van der Waals surface area contributed by atoms with E-state index in [0.717, 1.165) is 25.1 Å². The molecule has 3 N–H and O–H groups in total. The molecule has 0 saturated carbocycles. The molecule has 1 amide bonds. The van der Waals surface area contributed by atoms with Gasteiger partial charge in [0.2, 0.25) is 5.91 Å². The van der Waals surface area contributed by atoms with Gasteiger partial charge in [0.15, 0.2) is 0 Å². The van der Waals surface area contributed by atoms with Gasteiger partial charge < -0.3 is 11.1 Å². The zero-order chi connectivity index (χ0) is 18.0. The number of rotatable bonds is 5. The Morgan fingerprint density at radius 2 is 2.04 bits per heavy atom. The predicted molar refractivity (Wildman–Crippen MR) is 119 cm³/mol. The number of benzene rings is 1. The summed E-state index contributed by atoms with van der Waals surface area (Å²) in [5.41, 5.74) is 8.07. The number of carbonyl (C=O) groups excluding carboxylic acids is 1. The van der Waals surface area contributed by atoms with E-state index in [2.05, 4.69) is 21.7 Å². The van der Waals surface area contributed by atoms with Gasteiger partial charge in [0.1, 0.15) is 0 Å². The Balaban J connectivity index is 0.00000182. The van der Waals surface area contributed by atoms with Gasteiger partial charge in [-0.05, 0) is 48.1 Å². The van der Waals surface area contributed by atoms with Crippen molar-refractivity contribution in [1.82, 2.24) is 10.2 Å². The molecule has 0 radical (unpaired) electrons. The molecule has 1 aliphatic heterocycles. The van der Waals surface area contributed by atoms with Crippen LogP contribution in [0.3, 0.4) is 0 Å². The third-order valence-corrected chi connectivity index (χ3v) is 6.25. The van der Waals surface area contributed by atoms with Crippen LogP contribution in [0.2, 0.25) is 10.0 Å². The summed E-state index contributed by atoms with van der Waals surface area (Å²) in [6.07, 6.45) is 1.02. The maximum absolute atomic E-state index is 11.9. The highest BCUT2D eigenvalue weighted by atomic mass is 35.5. The minimum atomic E-state index is -0.528. The van der Waals surface area contributed by atoms with E-state index in [1.54, 1.807) is 13.0 Å². The standard InChI is InChI=1S/C18H21Cl2N3OS.2ClH/c1-11(21)18(24)22-9-16(12-2-3-14(19)15(20)8-12)23-6-4-17-13(10-23)5-7-25-17;;/h2-3,5,7-8,11,16H,4,6,9-10,21H2,1H3,(H,22,24);2*1H/t11-,16?;;/m1../s1. The summed E-state index contributed by atoms with van der Waals surface area (Å²) in [5, 5.41) is 6.14. The molecule has 150 valence electrons. The summed E-state index contributed by atoms with van der Waals surface area (Å²) in [5.74, 6) is -0.154. The number of fused-ring (bicyclic) bond motifs is 1. The molecule has 0 aliphatic carbocycles. The zero-order valence-electron chi connectivity index (χ0n) is 14.8. The smallest absolute Gasteiger partial charge is 0.236 e. The first-order valence-corrected chi connectivity index (χ1v) is 9.87. The topological polar surface area (TPSA) is 58.4 Å². The van der Waals surface area contributed by atoms with E-state index >= 15 is 0 Å². The molecule has 1 unspecified atom stereocenters. The van der Waals surface area contributed by atoms with Gasteiger partial charge in [-0.3, -0.25) is 9.69 Å². The lowest BCUT2D eigenvalue weighted by Crippen LogP contribution is -2.44. The largest absolute Gasteiger partial charge is 0.353 e. The molecule has 9 heteroatoms. The molecule has 2 heterocycles. The lowest BCUT2D eigenvalue weighted by atomic mass is 10.0. The lowest BCUT2D eigenvalue weighted by Gasteiger charge is -2.35. The van der Waals surface area contributed by atoms with E-state index in [9.17, 15) is 4.79 Å². The molecule has 0 saturated heterocycles. The van der Waals surface area contributed by atoms with Gasteiger partial charge in [-0.2, -0.15) is 0 Å². The van der Waals surface area contributed by atoms with E-state index < -0.39 is 6.04 Å². The van der Waals surface area contributed by atoms with Gasteiger partial charge in [-0.1, -0.05) is 29.3 Å². The normalized spacial score (nSPS) is 15.7. The molecule has 3 rings (SSSR count). The van der Waals surface area contributed by atoms with Gasteiger partial charge in [-0.15, -0.1) is 36.2 Å². The summed E-state index contributed by atoms with van der Waals surface area (Å²) < 4.78 is 0. The highest BCUT2D eigenvalue weighted by Crippen LogP contribution is 2.32. The first-order valence-electron chi connectivity index (χ1n) is 8.23. The van der Waals surface area contributed by atoms with Gasteiger partial charge >= 0.3 is 0 Å². The van der Waals surface area contributed by atoms with Crippen LogP contribution in [0.15, 0.2) is 29.6 Å². The van der Waals surface area contributed by atoms with Crippen molar-refractivity contribution in [3.8, 4) is 0 Å². The summed E-state index contributed by atoms with van der Waals surface area (Å²) in [7, 11) is 0. The van der Waals surface area contributed by atoms with Crippen LogP contribution < -0.4 is 11.1 Å². The van der Waals surface area contributed by atoms with Gasteiger partial charge in [0.25, 0.3) is 0 Å². The quantitative estimate of drug-likeness (QED) is 0.677. The van der Waals surface area contributed by atoms with E-state index in [-0.39, 0.29) is 36.8 Å². The summed E-state index contributed by atoms with van der Waals surface area (Å²) in [6, 6.07) is 7.33. The van der Waals surface area contributed by atoms with Crippen LogP contribution >= 0.6 is 59.4 Å². The number of thiophene rings is 1. The Labute approximate surface area is 186 Å². The number of nitrogens with zero attached hydrogens (tertiary/aromatic N) is 1. The van der Waals surface area contributed by atoms with Crippen molar-refractivity contribution in [2.24, 2.45) is 5.73 Å². The Morgan fingerprint density at radius 1 is 1.30 bits per heavy atom. The molecule has 2 aromatic rings. The highest BCUT2D eigenvalue weighted by molar-refractivity contribution is 7.10. The zero-order valence-corrected chi connectivity index (χ0v) is 18.7. The third kappa shape index (κ3) is 5.97. The monoisotopic (exact) mass is 469 g/mol. The van der Waals surface area contributed by atoms with Crippen LogP contribution in [0.1, 0.15) is 29.0 Å². The van der Waals surface area contributed by atoms with E-state index in [1.807, 2.05) is 23.5 Å². The molecule has 1 aromatic heterocycles. The summed E-state index contributed by atoms with van der Waals surface area (Å²) in [6.45, 7) is 3.96. The first-order chi connectivity index (χ1) is 12.0. The maximum atomic E-state index is 11.9. The number of halogens is 4. The molecule has 1 aromatic carbocycles. The second kappa shape index (κ2) is 10.9. The van der Waals surface area contributed by atoms with E-state index in [1.165, 1.54) is 10.4 Å². The Morgan fingerprint density at radius 3 is 2.70 bits per heavy atom. The van der Waals surface area contributed by atoms with Crippen molar-refractivity contribution in [1.29, 1.82) is 0 Å². The Bertz CT molecular complexity index is 769. The molecular formula is C18H23Cl4N3OS. The van der Waals surface area contributed by atoms with E-state index in [0.29, 0.717) is 16.6 Å². The van der Waals surface area contributed by atoms with Crippen LogP contribution in [-0.4, -0.2) is 29.9 Å². The lowest BCUT2D eigenvalue weighted by molar-refractivity contribution is -0.122. The molecule has 0 fully saturated rings. The summed E-state index contributed by atoms with van der Waals surface area (Å²) >= 11 is 14.1. The SMILES string of the molecule is C[C@@H](N)C(=O)NCC(c1ccc(Cl)c(Cl)c1)N1CCc2sccc2C1.Cl.Cl. The predicted octanol–water partition coefficient (Wildman–Crippen LogP) is 4.46. The molecule has 4 nitrogen and oxygen atoms in total. The molecule has 1 aliphatic rings. The van der Waals surface area contributed by atoms with Crippen LogP contribution in [0.5, 0.6) is 0 Å². The van der Waals surface area contributed by atoms with Gasteiger partial charge in [0, 0.05) is 24.5 Å². The van der Waals surface area contributed by atoms with Crippen molar-refractivity contribution in [2.75, 3.05) is 13.1 Å². The number of hydrogen-bond donors (Lipinski definition) is 2. The van der Waals surface area contributed by atoms with Gasteiger partial charge in [-0.25, -0.2) is 0 Å².